The molecule has 0 unspecified atom stereocenters. The largest absolute Gasteiger partial charge is 0.312 e. The Morgan fingerprint density at radius 1 is 1.25 bits per heavy atom. The monoisotopic (exact) mass is 277 g/mol. The molecule has 0 fully saturated rings. The molecule has 0 aliphatic heterocycles. The molecule has 1 heterocycles. The fourth-order valence-electron chi connectivity index (χ4n) is 2.57. The van der Waals surface area contributed by atoms with Crippen molar-refractivity contribution in [2.75, 3.05) is 0 Å². The molecule has 2 rings (SSSR count). The lowest BCUT2D eigenvalue weighted by atomic mass is 9.94. The van der Waals surface area contributed by atoms with Crippen molar-refractivity contribution in [3.63, 3.8) is 0 Å². The first-order chi connectivity index (χ1) is 9.63. The van der Waals surface area contributed by atoms with E-state index in [0.29, 0.717) is 37.8 Å². The van der Waals surface area contributed by atoms with Gasteiger partial charge in [0.2, 0.25) is 5.91 Å². The van der Waals surface area contributed by atoms with Crippen LogP contribution in [-0.2, 0) is 17.8 Å². The number of rotatable bonds is 5. The van der Waals surface area contributed by atoms with Gasteiger partial charge in [0.1, 0.15) is 0 Å². The van der Waals surface area contributed by atoms with Gasteiger partial charge in [0.05, 0.1) is 0 Å². The van der Waals surface area contributed by atoms with E-state index in [9.17, 15) is 14.4 Å². The third-order valence-corrected chi connectivity index (χ3v) is 3.61. The summed E-state index contributed by atoms with van der Waals surface area (Å²) in [6, 6.07) is 3.09. The van der Waals surface area contributed by atoms with Crippen LogP contribution in [0.2, 0.25) is 0 Å². The van der Waals surface area contributed by atoms with E-state index in [0.717, 1.165) is 18.5 Å². The summed E-state index contributed by atoms with van der Waals surface area (Å²) in [5.41, 5.74) is 3.52. The van der Waals surface area contributed by atoms with Gasteiger partial charge in [0.15, 0.2) is 5.78 Å². The van der Waals surface area contributed by atoms with Crippen LogP contribution in [0.15, 0.2) is 16.9 Å². The summed E-state index contributed by atoms with van der Waals surface area (Å²) in [5.74, 6) is 4.91. The SMILES string of the molecule is NNC(=O)CCCCn1c2c(ccc1=O)C(=O)CCC2. The minimum atomic E-state index is -0.206. The van der Waals surface area contributed by atoms with Gasteiger partial charge in [0.25, 0.3) is 5.56 Å². The molecule has 0 aromatic carbocycles. The van der Waals surface area contributed by atoms with Crippen LogP contribution in [0.4, 0.5) is 0 Å². The highest BCUT2D eigenvalue weighted by Crippen LogP contribution is 2.20. The Balaban J connectivity index is 2.08. The number of pyridine rings is 1. The second-order valence-electron chi connectivity index (χ2n) is 4.98. The van der Waals surface area contributed by atoms with Gasteiger partial charge in [0, 0.05) is 36.7 Å². The molecular formula is C14H19N3O3. The van der Waals surface area contributed by atoms with Gasteiger partial charge in [-0.3, -0.25) is 19.8 Å². The summed E-state index contributed by atoms with van der Waals surface area (Å²) in [5, 5.41) is 0. The van der Waals surface area contributed by atoms with Gasteiger partial charge in [-0.1, -0.05) is 0 Å². The first-order valence-electron chi connectivity index (χ1n) is 6.89. The highest BCUT2D eigenvalue weighted by atomic mass is 16.2. The molecule has 108 valence electrons. The standard InChI is InChI=1S/C14H19N3O3/c15-16-13(19)6-1-2-9-17-11-4-3-5-12(18)10(11)7-8-14(17)20/h7-8H,1-6,9,15H2,(H,16,19). The molecule has 6 nitrogen and oxygen atoms in total. The van der Waals surface area contributed by atoms with Crippen LogP contribution >= 0.6 is 0 Å². The zero-order chi connectivity index (χ0) is 14.5. The molecule has 20 heavy (non-hydrogen) atoms. The van der Waals surface area contributed by atoms with Crippen LogP contribution < -0.4 is 16.8 Å². The van der Waals surface area contributed by atoms with Crippen LogP contribution in [0, 0.1) is 0 Å². The molecule has 1 aliphatic rings. The van der Waals surface area contributed by atoms with Crippen molar-refractivity contribution in [2.45, 2.75) is 45.1 Å². The quantitative estimate of drug-likeness (QED) is 0.355. The average molecular weight is 277 g/mol. The Kier molecular flexibility index (Phi) is 4.68. The fourth-order valence-corrected chi connectivity index (χ4v) is 2.57. The van der Waals surface area contributed by atoms with E-state index in [4.69, 9.17) is 5.84 Å². The van der Waals surface area contributed by atoms with Gasteiger partial charge in [-0.15, -0.1) is 0 Å². The minimum Gasteiger partial charge on any atom is -0.312 e. The maximum atomic E-state index is 11.9. The normalized spacial score (nSPS) is 13.9. The number of carbonyl (C=O) groups is 2. The molecule has 0 atom stereocenters. The summed E-state index contributed by atoms with van der Waals surface area (Å²) in [6.45, 7) is 0.535. The number of nitrogens with two attached hydrogens (primary N) is 1. The van der Waals surface area contributed by atoms with E-state index in [1.165, 1.54) is 6.07 Å². The second kappa shape index (κ2) is 6.47. The van der Waals surface area contributed by atoms with Crippen LogP contribution in [0.1, 0.15) is 48.2 Å². The predicted octanol–water partition coefficient (Wildman–Crippen LogP) is 0.527. The molecule has 1 amide bonds. The van der Waals surface area contributed by atoms with Crippen molar-refractivity contribution in [1.82, 2.24) is 9.99 Å². The maximum absolute atomic E-state index is 11.9. The maximum Gasteiger partial charge on any atom is 0.250 e. The van der Waals surface area contributed by atoms with E-state index < -0.39 is 0 Å². The van der Waals surface area contributed by atoms with E-state index >= 15 is 0 Å². The topological polar surface area (TPSA) is 94.2 Å². The van der Waals surface area contributed by atoms with E-state index in [1.807, 2.05) is 0 Å². The molecule has 3 N–H and O–H groups in total. The number of carbonyl (C=O) groups excluding carboxylic acids is 2. The molecule has 0 saturated heterocycles. The number of hydrogen-bond donors (Lipinski definition) is 2. The second-order valence-corrected chi connectivity index (χ2v) is 4.98. The van der Waals surface area contributed by atoms with Crippen molar-refractivity contribution in [2.24, 2.45) is 5.84 Å². The molecule has 6 heteroatoms. The van der Waals surface area contributed by atoms with Crippen LogP contribution in [0.3, 0.4) is 0 Å². The third kappa shape index (κ3) is 3.14. The molecule has 1 aromatic heterocycles. The van der Waals surface area contributed by atoms with Crippen molar-refractivity contribution in [3.05, 3.63) is 33.7 Å². The van der Waals surface area contributed by atoms with E-state index in [2.05, 4.69) is 5.43 Å². The molecule has 0 saturated carbocycles. The van der Waals surface area contributed by atoms with Crippen LogP contribution in [0.25, 0.3) is 0 Å². The number of amides is 1. The zero-order valence-electron chi connectivity index (χ0n) is 11.4. The number of nitrogens with zero attached hydrogens (tertiary/aromatic N) is 1. The van der Waals surface area contributed by atoms with Crippen LogP contribution in [-0.4, -0.2) is 16.3 Å². The summed E-state index contributed by atoms with van der Waals surface area (Å²) in [4.78, 5) is 34.8. The highest BCUT2D eigenvalue weighted by molar-refractivity contribution is 5.97. The molecule has 0 spiro atoms. The third-order valence-electron chi connectivity index (χ3n) is 3.61. The molecule has 0 bridgehead atoms. The highest BCUT2D eigenvalue weighted by Gasteiger charge is 2.20. The first-order valence-corrected chi connectivity index (χ1v) is 6.89. The lowest BCUT2D eigenvalue weighted by molar-refractivity contribution is -0.121. The smallest absolute Gasteiger partial charge is 0.250 e. The number of hydrazine groups is 1. The lowest BCUT2D eigenvalue weighted by Crippen LogP contribution is -2.30. The number of ketones is 1. The zero-order valence-corrected chi connectivity index (χ0v) is 11.4. The Morgan fingerprint density at radius 2 is 2.05 bits per heavy atom. The van der Waals surface area contributed by atoms with Crippen LogP contribution in [0.5, 0.6) is 0 Å². The number of Topliss-reactive ketones (excluding diaryl/α,β-unsaturated/α-hetero) is 1. The first kappa shape index (κ1) is 14.5. The summed E-state index contributed by atoms with van der Waals surface area (Å²) in [7, 11) is 0. The summed E-state index contributed by atoms with van der Waals surface area (Å²) in [6.07, 6.45) is 3.83. The number of unbranched alkanes of at least 4 members (excludes halogenated alkanes) is 1. The van der Waals surface area contributed by atoms with Gasteiger partial charge < -0.3 is 4.57 Å². The predicted molar refractivity (Wildman–Crippen MR) is 74.2 cm³/mol. The molecule has 1 aliphatic carbocycles. The Bertz CT molecular complexity index is 578. The lowest BCUT2D eigenvalue weighted by Gasteiger charge is -2.19. The van der Waals surface area contributed by atoms with Crippen molar-refractivity contribution in [1.29, 1.82) is 0 Å². The summed E-state index contributed by atoms with van der Waals surface area (Å²) < 4.78 is 1.67. The minimum absolute atomic E-state index is 0.0817. The molecule has 1 aromatic rings. The fraction of sp³-hybridized carbons (Fsp3) is 0.500. The number of hydrogen-bond acceptors (Lipinski definition) is 4. The van der Waals surface area contributed by atoms with Gasteiger partial charge in [-0.25, -0.2) is 5.84 Å². The number of nitrogens with one attached hydrogen (secondary N) is 1. The van der Waals surface area contributed by atoms with Gasteiger partial charge >= 0.3 is 0 Å². The Hall–Kier alpha value is -1.95. The van der Waals surface area contributed by atoms with Gasteiger partial charge in [-0.2, -0.15) is 0 Å². The van der Waals surface area contributed by atoms with Crippen molar-refractivity contribution >= 4 is 11.7 Å². The molecular weight excluding hydrogens is 258 g/mol. The van der Waals surface area contributed by atoms with E-state index in [1.54, 1.807) is 10.6 Å². The Labute approximate surface area is 116 Å². The molecule has 0 radical (unpaired) electrons. The van der Waals surface area contributed by atoms with Crippen molar-refractivity contribution in [3.8, 4) is 0 Å². The summed E-state index contributed by atoms with van der Waals surface area (Å²) >= 11 is 0. The van der Waals surface area contributed by atoms with Crippen molar-refractivity contribution < 1.29 is 9.59 Å². The number of aromatic nitrogens is 1. The number of fused-ring (bicyclic) bond motifs is 1. The van der Waals surface area contributed by atoms with Gasteiger partial charge in [-0.05, 0) is 31.7 Å². The Morgan fingerprint density at radius 3 is 2.80 bits per heavy atom. The average Bonchev–Trinajstić information content (AvgIpc) is 2.45. The van der Waals surface area contributed by atoms with E-state index in [-0.39, 0.29) is 17.2 Å².